The number of likely N-dealkylation sites (tertiary alicyclic amines) is 1. The molecule has 0 aromatic heterocycles. The van der Waals surface area contributed by atoms with Crippen LogP contribution < -0.4 is 0 Å². The molecule has 0 N–H and O–H groups in total. The number of amides is 1. The van der Waals surface area contributed by atoms with Crippen LogP contribution in [0.1, 0.15) is 26.7 Å². The van der Waals surface area contributed by atoms with Gasteiger partial charge in [-0.15, -0.1) is 0 Å². The van der Waals surface area contributed by atoms with Gasteiger partial charge in [0.25, 0.3) is 0 Å². The molecule has 2 aliphatic heterocycles. The maximum absolute atomic E-state index is 13.4. The molecule has 8 heteroatoms. The van der Waals surface area contributed by atoms with Crippen molar-refractivity contribution in [2.75, 3.05) is 39.3 Å². The summed E-state index contributed by atoms with van der Waals surface area (Å²) in [4.78, 5) is 16.7. The number of halogens is 1. The van der Waals surface area contributed by atoms with Gasteiger partial charge in [-0.25, -0.2) is 12.8 Å². The largest absolute Gasteiger partial charge is 0.341 e. The maximum atomic E-state index is 13.4. The number of hydrogen-bond acceptors (Lipinski definition) is 4. The van der Waals surface area contributed by atoms with Crippen molar-refractivity contribution in [3.8, 4) is 0 Å². The van der Waals surface area contributed by atoms with Gasteiger partial charge in [0.05, 0.1) is 10.9 Å². The van der Waals surface area contributed by atoms with Crippen molar-refractivity contribution in [2.24, 2.45) is 5.92 Å². The number of carbonyl (C=O) groups is 1. The number of rotatable bonds is 4. The lowest BCUT2D eigenvalue weighted by Gasteiger charge is -2.39. The van der Waals surface area contributed by atoms with Crippen molar-refractivity contribution in [3.05, 3.63) is 30.1 Å². The molecule has 1 aromatic rings. The lowest BCUT2D eigenvalue weighted by molar-refractivity contribution is -0.138. The summed E-state index contributed by atoms with van der Waals surface area (Å²) in [5, 5.41) is 0. The first kappa shape index (κ1) is 20.2. The zero-order chi connectivity index (χ0) is 19.6. The molecule has 150 valence electrons. The second kappa shape index (κ2) is 8.24. The van der Waals surface area contributed by atoms with Crippen molar-refractivity contribution in [1.29, 1.82) is 0 Å². The Morgan fingerprint density at radius 1 is 1.11 bits per heavy atom. The Morgan fingerprint density at radius 3 is 2.33 bits per heavy atom. The van der Waals surface area contributed by atoms with Gasteiger partial charge in [-0.05, 0) is 43.9 Å². The Morgan fingerprint density at radius 2 is 1.74 bits per heavy atom. The van der Waals surface area contributed by atoms with Crippen LogP contribution >= 0.6 is 0 Å². The predicted molar refractivity (Wildman–Crippen MR) is 101 cm³/mol. The number of nitrogens with zero attached hydrogens (tertiary/aromatic N) is 3. The van der Waals surface area contributed by atoms with Crippen molar-refractivity contribution >= 4 is 15.9 Å². The smallest absolute Gasteiger partial charge is 0.243 e. The van der Waals surface area contributed by atoms with Crippen LogP contribution in [0.15, 0.2) is 29.2 Å². The second-order valence-corrected chi connectivity index (χ2v) is 9.52. The van der Waals surface area contributed by atoms with E-state index in [-0.39, 0.29) is 16.8 Å². The van der Waals surface area contributed by atoms with E-state index in [9.17, 15) is 17.6 Å². The summed E-state index contributed by atoms with van der Waals surface area (Å²) in [5.74, 6) is 0.231. The molecule has 2 fully saturated rings. The minimum Gasteiger partial charge on any atom is -0.341 e. The second-order valence-electron chi connectivity index (χ2n) is 7.58. The summed E-state index contributed by atoms with van der Waals surface area (Å²) in [5.41, 5.74) is 0. The van der Waals surface area contributed by atoms with E-state index in [1.165, 1.54) is 22.5 Å². The SMILES string of the molecule is CC1CCN(C(=O)C(C)N2CCN(S(=O)(=O)c3cccc(F)c3)CC2)CC1. The van der Waals surface area contributed by atoms with Gasteiger partial charge in [0.15, 0.2) is 0 Å². The van der Waals surface area contributed by atoms with Crippen LogP contribution in [-0.2, 0) is 14.8 Å². The highest BCUT2D eigenvalue weighted by molar-refractivity contribution is 7.89. The highest BCUT2D eigenvalue weighted by Gasteiger charge is 2.33. The minimum atomic E-state index is -3.71. The van der Waals surface area contributed by atoms with E-state index in [1.807, 2.05) is 16.7 Å². The Labute approximate surface area is 161 Å². The van der Waals surface area contributed by atoms with E-state index in [1.54, 1.807) is 0 Å². The fourth-order valence-corrected chi connectivity index (χ4v) is 5.21. The van der Waals surface area contributed by atoms with Crippen molar-refractivity contribution < 1.29 is 17.6 Å². The Bertz CT molecular complexity index is 770. The fourth-order valence-electron chi connectivity index (χ4n) is 3.76. The summed E-state index contributed by atoms with van der Waals surface area (Å²) in [6.07, 6.45) is 2.08. The number of piperazine rings is 1. The van der Waals surface area contributed by atoms with Gasteiger partial charge in [0, 0.05) is 39.3 Å². The van der Waals surface area contributed by atoms with Crippen LogP contribution in [0.2, 0.25) is 0 Å². The molecule has 2 saturated heterocycles. The molecule has 1 atom stereocenters. The van der Waals surface area contributed by atoms with E-state index in [0.29, 0.717) is 32.1 Å². The minimum absolute atomic E-state index is 0.0255. The molecule has 27 heavy (non-hydrogen) atoms. The maximum Gasteiger partial charge on any atom is 0.243 e. The van der Waals surface area contributed by atoms with E-state index < -0.39 is 15.8 Å². The quantitative estimate of drug-likeness (QED) is 0.777. The molecule has 0 saturated carbocycles. The molecule has 1 unspecified atom stereocenters. The van der Waals surface area contributed by atoms with Gasteiger partial charge >= 0.3 is 0 Å². The van der Waals surface area contributed by atoms with Crippen LogP contribution in [0.4, 0.5) is 4.39 Å². The van der Waals surface area contributed by atoms with Crippen molar-refractivity contribution in [2.45, 2.75) is 37.6 Å². The van der Waals surface area contributed by atoms with Gasteiger partial charge in [-0.3, -0.25) is 9.69 Å². The van der Waals surface area contributed by atoms with E-state index in [0.717, 1.165) is 32.0 Å². The Hall–Kier alpha value is -1.51. The third kappa shape index (κ3) is 4.50. The number of sulfonamides is 1. The van der Waals surface area contributed by atoms with Crippen LogP contribution in [0.5, 0.6) is 0 Å². The third-order valence-electron chi connectivity index (χ3n) is 5.71. The molecule has 1 amide bonds. The van der Waals surface area contributed by atoms with E-state index in [2.05, 4.69) is 6.92 Å². The van der Waals surface area contributed by atoms with E-state index >= 15 is 0 Å². The summed E-state index contributed by atoms with van der Waals surface area (Å²) in [7, 11) is -3.71. The lowest BCUT2D eigenvalue weighted by Crippen LogP contribution is -2.56. The molecule has 0 bridgehead atoms. The summed E-state index contributed by atoms with van der Waals surface area (Å²) >= 11 is 0. The first-order chi connectivity index (χ1) is 12.8. The van der Waals surface area contributed by atoms with Gasteiger partial charge in [-0.2, -0.15) is 4.31 Å². The topological polar surface area (TPSA) is 60.9 Å². The number of benzene rings is 1. The van der Waals surface area contributed by atoms with Gasteiger partial charge in [0.1, 0.15) is 5.82 Å². The number of piperidine rings is 1. The molecule has 2 heterocycles. The number of carbonyl (C=O) groups excluding carboxylic acids is 1. The normalized spacial score (nSPS) is 22.0. The van der Waals surface area contributed by atoms with Gasteiger partial charge < -0.3 is 4.90 Å². The average molecular weight is 398 g/mol. The van der Waals surface area contributed by atoms with Crippen LogP contribution in [0, 0.1) is 11.7 Å². The Balaban J connectivity index is 1.59. The fraction of sp³-hybridized carbons (Fsp3) is 0.632. The predicted octanol–water partition coefficient (Wildman–Crippen LogP) is 1.78. The molecule has 2 aliphatic rings. The summed E-state index contributed by atoms with van der Waals surface area (Å²) in [6.45, 7) is 7.30. The monoisotopic (exact) mass is 397 g/mol. The lowest BCUT2D eigenvalue weighted by atomic mass is 9.98. The third-order valence-corrected chi connectivity index (χ3v) is 7.60. The first-order valence-corrected chi connectivity index (χ1v) is 11.0. The molecule has 0 spiro atoms. The standard InChI is InChI=1S/C19H28FN3O3S/c1-15-6-8-22(9-7-15)19(24)16(2)21-10-12-23(13-11-21)27(25,26)18-5-3-4-17(20)14-18/h3-5,14-16H,6-13H2,1-2H3. The molecule has 3 rings (SSSR count). The van der Waals surface area contributed by atoms with E-state index in [4.69, 9.17) is 0 Å². The zero-order valence-electron chi connectivity index (χ0n) is 16.0. The average Bonchev–Trinajstić information content (AvgIpc) is 2.67. The van der Waals surface area contributed by atoms with Crippen LogP contribution in [-0.4, -0.2) is 73.7 Å². The summed E-state index contributed by atoms with van der Waals surface area (Å²) < 4.78 is 40.1. The molecular formula is C19H28FN3O3S. The molecular weight excluding hydrogens is 369 g/mol. The van der Waals surface area contributed by atoms with Crippen LogP contribution in [0.25, 0.3) is 0 Å². The zero-order valence-corrected chi connectivity index (χ0v) is 16.8. The molecule has 1 aromatic carbocycles. The van der Waals surface area contributed by atoms with Crippen LogP contribution in [0.3, 0.4) is 0 Å². The molecule has 0 aliphatic carbocycles. The van der Waals surface area contributed by atoms with Crippen molar-refractivity contribution in [1.82, 2.24) is 14.1 Å². The Kier molecular flexibility index (Phi) is 6.18. The first-order valence-electron chi connectivity index (χ1n) is 9.57. The molecule has 0 radical (unpaired) electrons. The molecule has 6 nitrogen and oxygen atoms in total. The highest BCUT2D eigenvalue weighted by atomic mass is 32.2. The summed E-state index contributed by atoms with van der Waals surface area (Å²) in [6, 6.07) is 4.83. The number of hydrogen-bond donors (Lipinski definition) is 0. The van der Waals surface area contributed by atoms with Gasteiger partial charge in [-0.1, -0.05) is 13.0 Å². The van der Waals surface area contributed by atoms with Crippen molar-refractivity contribution in [3.63, 3.8) is 0 Å². The highest BCUT2D eigenvalue weighted by Crippen LogP contribution is 2.21. The van der Waals surface area contributed by atoms with Gasteiger partial charge in [0.2, 0.25) is 15.9 Å².